The SMILES string of the molecule is COC1=CC(=O)c2c(c(O)c3c4c(cc(=O)oc24)O[C@@H](C)C3)C1=O. The van der Waals surface area contributed by atoms with Gasteiger partial charge in [0.05, 0.1) is 29.7 Å². The highest BCUT2D eigenvalue weighted by molar-refractivity contribution is 6.29. The molecule has 2 heterocycles. The van der Waals surface area contributed by atoms with E-state index in [1.807, 2.05) is 0 Å². The lowest BCUT2D eigenvalue weighted by Gasteiger charge is -2.26. The van der Waals surface area contributed by atoms with Crippen molar-refractivity contribution in [2.24, 2.45) is 0 Å². The number of ketones is 2. The molecule has 0 saturated carbocycles. The number of fused-ring (bicyclic) bond motifs is 2. The van der Waals surface area contributed by atoms with E-state index in [9.17, 15) is 19.5 Å². The average Bonchev–Trinajstić information content (AvgIpc) is 2.52. The van der Waals surface area contributed by atoms with Gasteiger partial charge in [-0.3, -0.25) is 9.59 Å². The summed E-state index contributed by atoms with van der Waals surface area (Å²) in [6, 6.07) is 1.17. The summed E-state index contributed by atoms with van der Waals surface area (Å²) in [5, 5.41) is 11.0. The van der Waals surface area contributed by atoms with Crippen molar-refractivity contribution in [3.63, 3.8) is 0 Å². The third-order valence-electron chi connectivity index (χ3n) is 4.23. The molecule has 1 atom stereocenters. The fourth-order valence-corrected chi connectivity index (χ4v) is 3.26. The Morgan fingerprint density at radius 1 is 1.25 bits per heavy atom. The molecule has 2 aliphatic rings. The zero-order valence-corrected chi connectivity index (χ0v) is 12.8. The van der Waals surface area contributed by atoms with Gasteiger partial charge in [0, 0.05) is 18.1 Å². The van der Waals surface area contributed by atoms with Crippen LogP contribution in [0.3, 0.4) is 0 Å². The van der Waals surface area contributed by atoms with Crippen molar-refractivity contribution in [2.45, 2.75) is 19.4 Å². The third kappa shape index (κ3) is 1.75. The third-order valence-corrected chi connectivity index (χ3v) is 4.23. The number of allylic oxidation sites excluding steroid dienone is 2. The van der Waals surface area contributed by atoms with Gasteiger partial charge < -0.3 is 19.0 Å². The van der Waals surface area contributed by atoms with E-state index in [-0.39, 0.29) is 40.1 Å². The molecule has 1 N–H and O–H groups in total. The summed E-state index contributed by atoms with van der Waals surface area (Å²) in [6.45, 7) is 1.77. The van der Waals surface area contributed by atoms with Crippen LogP contribution >= 0.6 is 0 Å². The largest absolute Gasteiger partial charge is 0.507 e. The number of phenols is 1. The second-order valence-corrected chi connectivity index (χ2v) is 5.75. The van der Waals surface area contributed by atoms with Crippen molar-refractivity contribution in [1.29, 1.82) is 0 Å². The van der Waals surface area contributed by atoms with Gasteiger partial charge in [0.15, 0.2) is 17.1 Å². The molecule has 1 aromatic heterocycles. The molecule has 1 aliphatic heterocycles. The van der Waals surface area contributed by atoms with Crippen molar-refractivity contribution >= 4 is 22.5 Å². The van der Waals surface area contributed by atoms with Crippen molar-refractivity contribution in [3.05, 3.63) is 45.0 Å². The highest BCUT2D eigenvalue weighted by atomic mass is 16.5. The van der Waals surface area contributed by atoms with Gasteiger partial charge in [0.25, 0.3) is 0 Å². The predicted octanol–water partition coefficient (Wildman–Crippen LogP) is 1.73. The number of phenolic OH excluding ortho intramolecular Hbond substituents is 1. The number of aromatic hydroxyl groups is 1. The van der Waals surface area contributed by atoms with Gasteiger partial charge in [-0.15, -0.1) is 0 Å². The lowest BCUT2D eigenvalue weighted by molar-refractivity contribution is 0.0913. The second-order valence-electron chi connectivity index (χ2n) is 5.75. The summed E-state index contributed by atoms with van der Waals surface area (Å²) < 4.78 is 15.7. The van der Waals surface area contributed by atoms with Crippen molar-refractivity contribution < 1.29 is 28.6 Å². The van der Waals surface area contributed by atoms with Gasteiger partial charge in [-0.2, -0.15) is 0 Å². The summed E-state index contributed by atoms with van der Waals surface area (Å²) in [7, 11) is 1.26. The zero-order valence-electron chi connectivity index (χ0n) is 12.8. The van der Waals surface area contributed by atoms with Gasteiger partial charge in [-0.25, -0.2) is 4.79 Å². The fraction of sp³-hybridized carbons (Fsp3) is 0.235. The van der Waals surface area contributed by atoms with Crippen LogP contribution < -0.4 is 10.4 Å². The highest BCUT2D eigenvalue weighted by Gasteiger charge is 2.37. The van der Waals surface area contributed by atoms with E-state index in [1.54, 1.807) is 6.92 Å². The molecule has 7 heteroatoms. The van der Waals surface area contributed by atoms with Gasteiger partial charge >= 0.3 is 5.63 Å². The molecule has 0 unspecified atom stereocenters. The van der Waals surface area contributed by atoms with Crippen LogP contribution in [-0.4, -0.2) is 29.9 Å². The number of Topliss-reactive ketones (excluding diaryl/α,β-unsaturated/α-hetero) is 1. The Bertz CT molecular complexity index is 1030. The van der Waals surface area contributed by atoms with Crippen LogP contribution in [0.4, 0.5) is 0 Å². The molecule has 0 bridgehead atoms. The van der Waals surface area contributed by atoms with Crippen LogP contribution in [0, 0.1) is 0 Å². The second kappa shape index (κ2) is 4.70. The molecule has 2 aromatic rings. The first-order valence-corrected chi connectivity index (χ1v) is 7.29. The topological polar surface area (TPSA) is 103 Å². The summed E-state index contributed by atoms with van der Waals surface area (Å²) in [5.41, 5.74) is -0.672. The van der Waals surface area contributed by atoms with Gasteiger partial charge in [0.1, 0.15) is 17.6 Å². The number of hydrogen-bond donors (Lipinski definition) is 1. The van der Waals surface area contributed by atoms with Crippen LogP contribution in [0.2, 0.25) is 0 Å². The summed E-state index contributed by atoms with van der Waals surface area (Å²) in [6.07, 6.45) is 1.02. The number of carbonyl (C=O) groups excluding carboxylic acids is 2. The number of hydrogen-bond acceptors (Lipinski definition) is 7. The summed E-state index contributed by atoms with van der Waals surface area (Å²) >= 11 is 0. The van der Waals surface area contributed by atoms with Gasteiger partial charge in [-0.05, 0) is 6.92 Å². The Balaban J connectivity index is 2.21. The molecule has 1 aliphatic carbocycles. The standard InChI is InChI=1S/C17H12O7/c1-6-3-7-12-9(23-6)5-11(19)24-17(12)13-8(18)4-10(22-2)16(21)14(13)15(7)20/h4-6,20H,3H2,1-2H3/t6-/m0/s1. The lowest BCUT2D eigenvalue weighted by Crippen LogP contribution is -2.25. The molecule has 0 radical (unpaired) electrons. The van der Waals surface area contributed by atoms with Crippen LogP contribution in [-0.2, 0) is 11.2 Å². The first-order valence-electron chi connectivity index (χ1n) is 7.29. The zero-order chi connectivity index (χ0) is 17.2. The van der Waals surface area contributed by atoms with Crippen LogP contribution in [0.25, 0.3) is 11.0 Å². The molecule has 7 nitrogen and oxygen atoms in total. The quantitative estimate of drug-likeness (QED) is 0.795. The molecule has 4 rings (SSSR count). The Morgan fingerprint density at radius 2 is 2.00 bits per heavy atom. The van der Waals surface area contributed by atoms with Crippen molar-refractivity contribution in [1.82, 2.24) is 0 Å². The fourth-order valence-electron chi connectivity index (χ4n) is 3.26. The Kier molecular flexibility index (Phi) is 2.84. The first kappa shape index (κ1) is 14.5. The number of methoxy groups -OCH3 is 1. The number of carbonyl (C=O) groups is 2. The number of benzene rings is 1. The molecular formula is C17H12O7. The number of rotatable bonds is 1. The summed E-state index contributed by atoms with van der Waals surface area (Å²) in [5.74, 6) is -1.45. The molecule has 0 fully saturated rings. The minimum absolute atomic E-state index is 0.0445. The monoisotopic (exact) mass is 328 g/mol. The van der Waals surface area contributed by atoms with E-state index < -0.39 is 17.2 Å². The average molecular weight is 328 g/mol. The maximum Gasteiger partial charge on any atom is 0.339 e. The summed E-state index contributed by atoms with van der Waals surface area (Å²) in [4.78, 5) is 36.8. The van der Waals surface area contributed by atoms with Crippen LogP contribution in [0.15, 0.2) is 27.1 Å². The normalized spacial score (nSPS) is 18.9. The van der Waals surface area contributed by atoms with Crippen molar-refractivity contribution in [3.8, 4) is 11.5 Å². The smallest absolute Gasteiger partial charge is 0.339 e. The van der Waals surface area contributed by atoms with Gasteiger partial charge in [-0.1, -0.05) is 0 Å². The molecule has 122 valence electrons. The minimum atomic E-state index is -0.702. The maximum atomic E-state index is 12.5. The van der Waals surface area contributed by atoms with Crippen LogP contribution in [0.5, 0.6) is 11.5 Å². The van der Waals surface area contributed by atoms with E-state index in [2.05, 4.69) is 0 Å². The molecule has 1 aromatic carbocycles. The van der Waals surface area contributed by atoms with E-state index in [4.69, 9.17) is 13.9 Å². The Hall–Kier alpha value is -3.09. The predicted molar refractivity (Wildman–Crippen MR) is 81.7 cm³/mol. The van der Waals surface area contributed by atoms with Crippen LogP contribution in [0.1, 0.15) is 33.2 Å². The Labute approximate surface area is 135 Å². The van der Waals surface area contributed by atoms with E-state index >= 15 is 0 Å². The van der Waals surface area contributed by atoms with E-state index in [1.165, 1.54) is 13.2 Å². The molecule has 24 heavy (non-hydrogen) atoms. The molecule has 0 saturated heterocycles. The highest BCUT2D eigenvalue weighted by Crippen LogP contribution is 2.44. The van der Waals surface area contributed by atoms with Crippen molar-refractivity contribution in [2.75, 3.05) is 7.11 Å². The number of ether oxygens (including phenoxy) is 2. The van der Waals surface area contributed by atoms with Gasteiger partial charge in [0.2, 0.25) is 5.78 Å². The maximum absolute atomic E-state index is 12.5. The minimum Gasteiger partial charge on any atom is -0.507 e. The van der Waals surface area contributed by atoms with E-state index in [0.29, 0.717) is 17.4 Å². The van der Waals surface area contributed by atoms with E-state index in [0.717, 1.165) is 6.08 Å². The first-order chi connectivity index (χ1) is 11.4. The molecule has 0 amide bonds. The Morgan fingerprint density at radius 3 is 2.71 bits per heavy atom. The molecular weight excluding hydrogens is 316 g/mol. The lowest BCUT2D eigenvalue weighted by atomic mass is 9.86. The molecule has 0 spiro atoms.